The van der Waals surface area contributed by atoms with Crippen molar-refractivity contribution in [3.63, 3.8) is 0 Å². The highest BCUT2D eigenvalue weighted by atomic mass is 16.5. The zero-order valence-corrected chi connectivity index (χ0v) is 11.2. The summed E-state index contributed by atoms with van der Waals surface area (Å²) in [6, 6.07) is 7.20. The molecule has 0 spiro atoms. The molecule has 0 atom stereocenters. The number of hydrogen-bond acceptors (Lipinski definition) is 5. The summed E-state index contributed by atoms with van der Waals surface area (Å²) >= 11 is 0. The van der Waals surface area contributed by atoms with Crippen LogP contribution in [0.1, 0.15) is 20.8 Å². The van der Waals surface area contributed by atoms with Gasteiger partial charge in [-0.3, -0.25) is 14.6 Å². The van der Waals surface area contributed by atoms with E-state index in [9.17, 15) is 14.7 Å². The monoisotopic (exact) mass is 287 g/mol. The first-order valence-electron chi connectivity index (χ1n) is 5.95. The van der Waals surface area contributed by atoms with E-state index >= 15 is 0 Å². The SMILES string of the molecule is COc1ccc(O)c(NC(=O)c2ccc(C(N)=O)cn2)c1. The van der Waals surface area contributed by atoms with Crippen LogP contribution in [0.4, 0.5) is 5.69 Å². The van der Waals surface area contributed by atoms with Gasteiger partial charge in [0.05, 0.1) is 18.4 Å². The van der Waals surface area contributed by atoms with Crippen LogP contribution in [0.25, 0.3) is 0 Å². The molecule has 0 aliphatic carbocycles. The van der Waals surface area contributed by atoms with E-state index in [-0.39, 0.29) is 22.7 Å². The number of primary amides is 1. The van der Waals surface area contributed by atoms with Crippen molar-refractivity contribution in [2.24, 2.45) is 5.73 Å². The second kappa shape index (κ2) is 5.91. The Labute approximate surface area is 120 Å². The second-order valence-corrected chi connectivity index (χ2v) is 4.13. The number of aromatic nitrogens is 1. The van der Waals surface area contributed by atoms with E-state index in [1.54, 1.807) is 6.07 Å². The lowest BCUT2D eigenvalue weighted by molar-refractivity contribution is 0.0993. The fourth-order valence-corrected chi connectivity index (χ4v) is 1.60. The summed E-state index contributed by atoms with van der Waals surface area (Å²) in [7, 11) is 1.47. The summed E-state index contributed by atoms with van der Waals surface area (Å²) in [6.45, 7) is 0. The highest BCUT2D eigenvalue weighted by Gasteiger charge is 2.12. The molecule has 0 saturated carbocycles. The third-order valence-electron chi connectivity index (χ3n) is 2.73. The molecule has 0 aliphatic rings. The van der Waals surface area contributed by atoms with E-state index in [0.717, 1.165) is 0 Å². The van der Waals surface area contributed by atoms with Crippen LogP contribution in [0.3, 0.4) is 0 Å². The summed E-state index contributed by atoms with van der Waals surface area (Å²) < 4.78 is 5.01. The number of hydrogen-bond donors (Lipinski definition) is 3. The van der Waals surface area contributed by atoms with Gasteiger partial charge in [-0.1, -0.05) is 0 Å². The van der Waals surface area contributed by atoms with Crippen LogP contribution in [0.2, 0.25) is 0 Å². The molecule has 2 rings (SSSR count). The molecule has 21 heavy (non-hydrogen) atoms. The largest absolute Gasteiger partial charge is 0.506 e. The maximum absolute atomic E-state index is 12.0. The molecule has 0 saturated heterocycles. The molecule has 7 heteroatoms. The van der Waals surface area contributed by atoms with E-state index in [2.05, 4.69) is 10.3 Å². The molecular formula is C14H13N3O4. The van der Waals surface area contributed by atoms with Crippen molar-refractivity contribution in [2.75, 3.05) is 12.4 Å². The Bertz CT molecular complexity index is 683. The number of rotatable bonds is 4. The third kappa shape index (κ3) is 3.27. The van der Waals surface area contributed by atoms with Crippen LogP contribution in [-0.2, 0) is 0 Å². The number of pyridine rings is 1. The highest BCUT2D eigenvalue weighted by molar-refractivity contribution is 6.04. The molecule has 7 nitrogen and oxygen atoms in total. The molecule has 0 bridgehead atoms. The average Bonchev–Trinajstić information content (AvgIpc) is 2.49. The molecule has 2 aromatic rings. The number of methoxy groups -OCH3 is 1. The normalized spacial score (nSPS) is 9.95. The van der Waals surface area contributed by atoms with Gasteiger partial charge >= 0.3 is 0 Å². The molecular weight excluding hydrogens is 274 g/mol. The fraction of sp³-hybridized carbons (Fsp3) is 0.0714. The quantitative estimate of drug-likeness (QED) is 0.730. The summed E-state index contributed by atoms with van der Waals surface area (Å²) in [4.78, 5) is 26.8. The summed E-state index contributed by atoms with van der Waals surface area (Å²) in [5, 5.41) is 12.2. The first-order valence-corrected chi connectivity index (χ1v) is 5.95. The summed E-state index contributed by atoms with van der Waals surface area (Å²) in [5.74, 6) is -0.771. The van der Waals surface area contributed by atoms with Gasteiger partial charge in [0.1, 0.15) is 17.2 Å². The summed E-state index contributed by atoms with van der Waals surface area (Å²) in [6.07, 6.45) is 1.21. The van der Waals surface area contributed by atoms with Gasteiger partial charge in [-0.25, -0.2) is 0 Å². The number of carbonyl (C=O) groups is 2. The van der Waals surface area contributed by atoms with Crippen LogP contribution in [0.5, 0.6) is 11.5 Å². The molecule has 1 aromatic heterocycles. The standard InChI is InChI=1S/C14H13N3O4/c1-21-9-3-5-12(18)11(6-9)17-14(20)10-4-2-8(7-16-10)13(15)19/h2-7,18H,1H3,(H2,15,19)(H,17,20). The molecule has 1 heterocycles. The smallest absolute Gasteiger partial charge is 0.274 e. The molecule has 108 valence electrons. The molecule has 0 aliphatic heterocycles. The van der Waals surface area contributed by atoms with Gasteiger partial charge in [0, 0.05) is 12.3 Å². The Balaban J connectivity index is 2.19. The van der Waals surface area contributed by atoms with Crippen LogP contribution >= 0.6 is 0 Å². The number of ether oxygens (including phenoxy) is 1. The van der Waals surface area contributed by atoms with Gasteiger partial charge in [0.15, 0.2) is 0 Å². The van der Waals surface area contributed by atoms with E-state index in [1.807, 2.05) is 0 Å². The lowest BCUT2D eigenvalue weighted by atomic mass is 10.2. The lowest BCUT2D eigenvalue weighted by Gasteiger charge is -2.09. The number of benzene rings is 1. The molecule has 0 unspecified atom stereocenters. The number of nitrogens with zero attached hydrogens (tertiary/aromatic N) is 1. The third-order valence-corrected chi connectivity index (χ3v) is 2.73. The van der Waals surface area contributed by atoms with E-state index < -0.39 is 11.8 Å². The van der Waals surface area contributed by atoms with E-state index in [0.29, 0.717) is 5.75 Å². The summed E-state index contributed by atoms with van der Waals surface area (Å²) in [5.41, 5.74) is 5.57. The van der Waals surface area contributed by atoms with Gasteiger partial charge in [-0.05, 0) is 24.3 Å². The Morgan fingerprint density at radius 3 is 2.62 bits per heavy atom. The number of anilines is 1. The van der Waals surface area contributed by atoms with Crippen molar-refractivity contribution in [2.45, 2.75) is 0 Å². The highest BCUT2D eigenvalue weighted by Crippen LogP contribution is 2.28. The number of amides is 2. The Kier molecular flexibility index (Phi) is 4.03. The van der Waals surface area contributed by atoms with Crippen molar-refractivity contribution >= 4 is 17.5 Å². The zero-order valence-electron chi connectivity index (χ0n) is 11.2. The Morgan fingerprint density at radius 2 is 2.05 bits per heavy atom. The van der Waals surface area contributed by atoms with Crippen LogP contribution in [-0.4, -0.2) is 29.0 Å². The number of aromatic hydroxyl groups is 1. The maximum atomic E-state index is 12.0. The second-order valence-electron chi connectivity index (χ2n) is 4.13. The van der Waals surface area contributed by atoms with Gasteiger partial charge in [0.2, 0.25) is 5.91 Å². The average molecular weight is 287 g/mol. The van der Waals surface area contributed by atoms with Crippen LogP contribution < -0.4 is 15.8 Å². The zero-order chi connectivity index (χ0) is 15.4. The number of carbonyl (C=O) groups excluding carboxylic acids is 2. The Morgan fingerprint density at radius 1 is 1.29 bits per heavy atom. The van der Waals surface area contributed by atoms with Gasteiger partial charge < -0.3 is 20.9 Å². The predicted octanol–water partition coefficient (Wildman–Crippen LogP) is 1.15. The van der Waals surface area contributed by atoms with Crippen molar-refractivity contribution in [3.05, 3.63) is 47.8 Å². The molecule has 0 fully saturated rings. The minimum Gasteiger partial charge on any atom is -0.506 e. The predicted molar refractivity (Wildman–Crippen MR) is 75.4 cm³/mol. The van der Waals surface area contributed by atoms with Gasteiger partial charge in [-0.2, -0.15) is 0 Å². The first-order chi connectivity index (χ1) is 10.0. The lowest BCUT2D eigenvalue weighted by Crippen LogP contribution is -2.16. The van der Waals surface area contributed by atoms with E-state index in [1.165, 1.54) is 37.6 Å². The van der Waals surface area contributed by atoms with Crippen molar-refractivity contribution in [3.8, 4) is 11.5 Å². The van der Waals surface area contributed by atoms with Crippen molar-refractivity contribution < 1.29 is 19.4 Å². The van der Waals surface area contributed by atoms with Crippen LogP contribution in [0, 0.1) is 0 Å². The molecule has 0 radical (unpaired) electrons. The van der Waals surface area contributed by atoms with E-state index in [4.69, 9.17) is 10.5 Å². The molecule has 4 N–H and O–H groups in total. The maximum Gasteiger partial charge on any atom is 0.274 e. The van der Waals surface area contributed by atoms with Crippen molar-refractivity contribution in [1.29, 1.82) is 0 Å². The van der Waals surface area contributed by atoms with Gasteiger partial charge in [-0.15, -0.1) is 0 Å². The van der Waals surface area contributed by atoms with Crippen molar-refractivity contribution in [1.82, 2.24) is 4.98 Å². The topological polar surface area (TPSA) is 115 Å². The number of phenolic OH excluding ortho intramolecular Hbond substituents is 1. The number of nitrogens with two attached hydrogens (primary N) is 1. The number of nitrogens with one attached hydrogen (secondary N) is 1. The molecule has 1 aromatic carbocycles. The Hall–Kier alpha value is -3.09. The molecule has 2 amide bonds. The first kappa shape index (κ1) is 14.3. The minimum atomic E-state index is -0.625. The minimum absolute atomic E-state index is 0.0854. The van der Waals surface area contributed by atoms with Gasteiger partial charge in [0.25, 0.3) is 5.91 Å². The number of phenols is 1. The van der Waals surface area contributed by atoms with Crippen LogP contribution in [0.15, 0.2) is 36.5 Å². The fourth-order valence-electron chi connectivity index (χ4n) is 1.60.